The van der Waals surface area contributed by atoms with Gasteiger partial charge in [-0.25, -0.2) is 0 Å². The number of nitrogens with two attached hydrogens (primary N) is 1. The quantitative estimate of drug-likeness (QED) is 0.0807. The zero-order chi connectivity index (χ0) is 32.1. The van der Waals surface area contributed by atoms with E-state index in [0.717, 1.165) is 36.8 Å². The Morgan fingerprint density at radius 1 is 1.07 bits per heavy atom. The van der Waals surface area contributed by atoms with Crippen molar-refractivity contribution in [1.29, 1.82) is 0 Å². The van der Waals surface area contributed by atoms with Crippen LogP contribution in [0.25, 0.3) is 0 Å². The minimum absolute atomic E-state index is 0.0260. The molecule has 16 nitrogen and oxygen atoms in total. The Kier molecular flexibility index (Phi) is 9.53. The number of benzene rings is 2. The number of rotatable bonds is 12. The molecule has 0 aliphatic carbocycles. The SMILES string of the molecule is Nc1cc(N2CCN(CCOCCNC(=O)CNc3cccc4c3C(=O)N(C3CCC(=O)NC3=O)C4=O)CC2)ccc1[N+](=O)[O-]. The van der Waals surface area contributed by atoms with Gasteiger partial charge in [0.2, 0.25) is 17.7 Å². The molecule has 2 aromatic carbocycles. The van der Waals surface area contributed by atoms with Crippen LogP contribution in [0.15, 0.2) is 36.4 Å². The largest absolute Gasteiger partial charge is 0.393 e. The Morgan fingerprint density at radius 2 is 1.84 bits per heavy atom. The van der Waals surface area contributed by atoms with E-state index < -0.39 is 34.6 Å². The van der Waals surface area contributed by atoms with Gasteiger partial charge in [0.25, 0.3) is 17.5 Å². The molecule has 3 heterocycles. The third-order valence-corrected chi connectivity index (χ3v) is 7.97. The molecule has 0 radical (unpaired) electrons. The summed E-state index contributed by atoms with van der Waals surface area (Å²) in [7, 11) is 0. The molecule has 3 aliphatic rings. The van der Waals surface area contributed by atoms with Crippen LogP contribution >= 0.6 is 0 Å². The van der Waals surface area contributed by atoms with Gasteiger partial charge in [0.05, 0.1) is 35.8 Å². The molecule has 1 unspecified atom stereocenters. The molecule has 238 valence electrons. The lowest BCUT2D eigenvalue weighted by atomic mass is 10.0. The van der Waals surface area contributed by atoms with Crippen molar-refractivity contribution in [1.82, 2.24) is 20.4 Å². The molecule has 45 heavy (non-hydrogen) atoms. The number of anilines is 3. The van der Waals surface area contributed by atoms with E-state index in [-0.39, 0.29) is 54.3 Å². The van der Waals surface area contributed by atoms with Gasteiger partial charge in [0.1, 0.15) is 11.7 Å². The maximum atomic E-state index is 13.2. The first-order valence-electron chi connectivity index (χ1n) is 14.6. The number of piperidine rings is 1. The molecule has 2 aromatic rings. The number of nitro benzene ring substituents is 1. The molecule has 0 spiro atoms. The van der Waals surface area contributed by atoms with Gasteiger partial charge in [-0.2, -0.15) is 0 Å². The van der Waals surface area contributed by atoms with E-state index in [0.29, 0.717) is 25.4 Å². The molecule has 16 heteroatoms. The number of amides is 5. The van der Waals surface area contributed by atoms with Gasteiger partial charge in [-0.05, 0) is 30.7 Å². The van der Waals surface area contributed by atoms with E-state index in [2.05, 4.69) is 25.8 Å². The normalized spacial score (nSPS) is 18.5. The highest BCUT2D eigenvalue weighted by atomic mass is 16.6. The number of hydrogen-bond acceptors (Lipinski definition) is 12. The number of nitrogens with one attached hydrogen (secondary N) is 3. The molecule has 3 aliphatic heterocycles. The average molecular weight is 623 g/mol. The minimum atomic E-state index is -1.07. The van der Waals surface area contributed by atoms with Crippen LogP contribution in [-0.4, -0.2) is 109 Å². The topological polar surface area (TPSA) is 210 Å². The van der Waals surface area contributed by atoms with E-state index in [9.17, 15) is 34.1 Å². The highest BCUT2D eigenvalue weighted by Crippen LogP contribution is 2.32. The lowest BCUT2D eigenvalue weighted by molar-refractivity contribution is -0.383. The van der Waals surface area contributed by atoms with Gasteiger partial charge >= 0.3 is 0 Å². The Balaban J connectivity index is 0.992. The summed E-state index contributed by atoms with van der Waals surface area (Å²) in [5.41, 5.74) is 7.22. The maximum absolute atomic E-state index is 13.2. The second-order valence-corrected chi connectivity index (χ2v) is 10.8. The Labute approximate surface area is 258 Å². The Morgan fingerprint density at radius 3 is 2.56 bits per heavy atom. The van der Waals surface area contributed by atoms with Crippen molar-refractivity contribution in [3.63, 3.8) is 0 Å². The number of nitrogens with zero attached hydrogens (tertiary/aromatic N) is 4. The number of carbonyl (C=O) groups is 5. The van der Waals surface area contributed by atoms with Crippen molar-refractivity contribution in [2.75, 3.05) is 75.0 Å². The van der Waals surface area contributed by atoms with E-state index in [1.54, 1.807) is 24.3 Å². The second-order valence-electron chi connectivity index (χ2n) is 10.8. The summed E-state index contributed by atoms with van der Waals surface area (Å²) in [6, 6.07) is 8.34. The van der Waals surface area contributed by atoms with Crippen LogP contribution in [0, 0.1) is 10.1 Å². The number of nitro groups is 1. The second kappa shape index (κ2) is 13.7. The molecule has 5 amide bonds. The van der Waals surface area contributed by atoms with Gasteiger partial charge in [0.15, 0.2) is 0 Å². The van der Waals surface area contributed by atoms with Crippen molar-refractivity contribution in [3.05, 3.63) is 57.6 Å². The summed E-state index contributed by atoms with van der Waals surface area (Å²) in [6.07, 6.45) is 0.0818. The Bertz CT molecular complexity index is 1520. The fourth-order valence-electron chi connectivity index (χ4n) is 5.59. The monoisotopic (exact) mass is 622 g/mol. The molecule has 5 rings (SSSR count). The number of imide groups is 2. The first kappa shape index (κ1) is 31.3. The first-order valence-corrected chi connectivity index (χ1v) is 14.6. The van der Waals surface area contributed by atoms with Crippen LogP contribution < -0.4 is 26.6 Å². The first-order chi connectivity index (χ1) is 21.6. The average Bonchev–Trinajstić information content (AvgIpc) is 3.27. The van der Waals surface area contributed by atoms with Gasteiger partial charge in [0, 0.05) is 63.1 Å². The zero-order valence-corrected chi connectivity index (χ0v) is 24.5. The molecule has 5 N–H and O–H groups in total. The fraction of sp³-hybridized carbons (Fsp3) is 0.414. The summed E-state index contributed by atoms with van der Waals surface area (Å²) in [6.45, 7) is 4.73. The van der Waals surface area contributed by atoms with E-state index in [4.69, 9.17) is 10.5 Å². The van der Waals surface area contributed by atoms with Crippen LogP contribution in [0.5, 0.6) is 0 Å². The molecule has 1 atom stereocenters. The summed E-state index contributed by atoms with van der Waals surface area (Å²) >= 11 is 0. The number of ether oxygens (including phenoxy) is 1. The standard InChI is InChI=1S/C29H34N8O8/c30-20-16-18(4-5-22(20)37(43)44)35-11-9-34(10-12-35)13-15-45-14-8-31-25(39)17-32-21-3-1-2-19-26(21)29(42)36(28(19)41)23-6-7-24(38)33-27(23)40/h1-5,16,23,32H,6-15,17,30H2,(H,31,39)(H,33,38,40). The van der Waals surface area contributed by atoms with Gasteiger partial charge in [-0.1, -0.05) is 6.07 Å². The summed E-state index contributed by atoms with van der Waals surface area (Å²) < 4.78 is 5.67. The summed E-state index contributed by atoms with van der Waals surface area (Å²) in [4.78, 5) is 78.1. The van der Waals surface area contributed by atoms with E-state index in [1.165, 1.54) is 12.1 Å². The van der Waals surface area contributed by atoms with E-state index in [1.807, 2.05) is 0 Å². The van der Waals surface area contributed by atoms with Gasteiger partial charge in [-0.15, -0.1) is 0 Å². The third-order valence-electron chi connectivity index (χ3n) is 7.97. The lowest BCUT2D eigenvalue weighted by Crippen LogP contribution is -2.54. The van der Waals surface area contributed by atoms with Crippen molar-refractivity contribution < 1.29 is 33.6 Å². The maximum Gasteiger partial charge on any atom is 0.292 e. The van der Waals surface area contributed by atoms with Crippen molar-refractivity contribution in [2.24, 2.45) is 0 Å². The van der Waals surface area contributed by atoms with Crippen LogP contribution in [0.4, 0.5) is 22.7 Å². The van der Waals surface area contributed by atoms with Crippen LogP contribution in [0.2, 0.25) is 0 Å². The fourth-order valence-corrected chi connectivity index (χ4v) is 5.59. The van der Waals surface area contributed by atoms with Gasteiger partial charge in [-0.3, -0.25) is 49.2 Å². The van der Waals surface area contributed by atoms with Crippen LogP contribution in [0.1, 0.15) is 33.6 Å². The number of hydrogen-bond donors (Lipinski definition) is 4. The highest BCUT2D eigenvalue weighted by Gasteiger charge is 2.45. The van der Waals surface area contributed by atoms with Crippen molar-refractivity contribution >= 4 is 52.3 Å². The summed E-state index contributed by atoms with van der Waals surface area (Å²) in [5.74, 6) is -2.75. The minimum Gasteiger partial charge on any atom is -0.393 e. The van der Waals surface area contributed by atoms with Crippen molar-refractivity contribution in [3.8, 4) is 0 Å². The zero-order valence-electron chi connectivity index (χ0n) is 24.5. The predicted molar refractivity (Wildman–Crippen MR) is 162 cm³/mol. The molecule has 2 fully saturated rings. The molecule has 0 bridgehead atoms. The van der Waals surface area contributed by atoms with Crippen molar-refractivity contribution in [2.45, 2.75) is 18.9 Å². The van der Waals surface area contributed by atoms with E-state index >= 15 is 0 Å². The smallest absolute Gasteiger partial charge is 0.292 e. The molecular formula is C29H34N8O8. The number of nitrogen functional groups attached to an aromatic ring is 1. The lowest BCUT2D eigenvalue weighted by Gasteiger charge is -2.36. The number of fused-ring (bicyclic) bond motifs is 1. The Hall–Kier alpha value is -5.09. The molecule has 0 aromatic heterocycles. The molecule has 2 saturated heterocycles. The highest BCUT2D eigenvalue weighted by molar-refractivity contribution is 6.25. The predicted octanol–water partition coefficient (Wildman–Crippen LogP) is -0.0549. The van der Waals surface area contributed by atoms with Crippen LogP contribution in [0.3, 0.4) is 0 Å². The number of piperazine rings is 1. The third kappa shape index (κ3) is 7.02. The number of carbonyl (C=O) groups excluding carboxylic acids is 5. The molecule has 0 saturated carbocycles. The molecular weight excluding hydrogens is 588 g/mol. The van der Waals surface area contributed by atoms with Gasteiger partial charge < -0.3 is 26.0 Å². The van der Waals surface area contributed by atoms with Crippen LogP contribution in [-0.2, 0) is 19.1 Å². The summed E-state index contributed by atoms with van der Waals surface area (Å²) in [5, 5.41) is 18.8.